The number of rotatable bonds is 11. The van der Waals surface area contributed by atoms with Gasteiger partial charge in [0.05, 0.1) is 39.5 Å². The summed E-state index contributed by atoms with van der Waals surface area (Å²) in [6, 6.07) is 18.7. The van der Waals surface area contributed by atoms with Gasteiger partial charge in [0.15, 0.2) is 5.75 Å². The first-order valence-corrected chi connectivity index (χ1v) is 10.4. The van der Waals surface area contributed by atoms with E-state index in [0.29, 0.717) is 13.2 Å². The Morgan fingerprint density at radius 2 is 1.50 bits per heavy atom. The molecule has 0 atom stereocenters. The predicted molar refractivity (Wildman–Crippen MR) is 125 cm³/mol. The molecule has 0 bridgehead atoms. The van der Waals surface area contributed by atoms with E-state index < -0.39 is 16.5 Å². The molecule has 0 aliphatic heterocycles. The highest BCUT2D eigenvalue weighted by atomic mass is 16.6. The van der Waals surface area contributed by atoms with Crippen molar-refractivity contribution in [3.05, 3.63) is 93.0 Å². The molecule has 9 nitrogen and oxygen atoms in total. The van der Waals surface area contributed by atoms with Crippen LogP contribution in [0, 0.1) is 10.1 Å². The highest BCUT2D eigenvalue weighted by Crippen LogP contribution is 2.46. The van der Waals surface area contributed by atoms with Crippen molar-refractivity contribution in [3.8, 4) is 17.2 Å². The number of ether oxygens (including phenoxy) is 4. The lowest BCUT2D eigenvalue weighted by molar-refractivity contribution is -0.386. The fourth-order valence-corrected chi connectivity index (χ4v) is 3.46. The van der Waals surface area contributed by atoms with Gasteiger partial charge in [-0.05, 0) is 16.7 Å². The molecular weight excluding hydrogens is 440 g/mol. The predicted octanol–water partition coefficient (Wildman–Crippen LogP) is 4.27. The normalized spacial score (nSPS) is 10.4. The Morgan fingerprint density at radius 1 is 0.853 bits per heavy atom. The topological polar surface area (TPSA) is 109 Å². The monoisotopic (exact) mass is 466 g/mol. The van der Waals surface area contributed by atoms with Gasteiger partial charge in [-0.3, -0.25) is 14.9 Å². The van der Waals surface area contributed by atoms with Gasteiger partial charge in [-0.15, -0.1) is 0 Å². The second-order valence-corrected chi connectivity index (χ2v) is 7.28. The van der Waals surface area contributed by atoms with Crippen LogP contribution in [0.25, 0.3) is 0 Å². The number of benzene rings is 3. The molecule has 0 fully saturated rings. The van der Waals surface area contributed by atoms with Crippen LogP contribution in [0.2, 0.25) is 0 Å². The fourth-order valence-electron chi connectivity index (χ4n) is 3.46. The zero-order valence-electron chi connectivity index (χ0n) is 19.2. The molecule has 0 saturated carbocycles. The van der Waals surface area contributed by atoms with Gasteiger partial charge in [0.2, 0.25) is 11.5 Å². The van der Waals surface area contributed by atoms with Crippen molar-refractivity contribution >= 4 is 11.6 Å². The number of nitrogens with zero attached hydrogens (tertiary/aromatic N) is 1. The van der Waals surface area contributed by atoms with E-state index >= 15 is 0 Å². The van der Waals surface area contributed by atoms with Crippen LogP contribution >= 0.6 is 0 Å². The molecule has 3 aromatic rings. The number of nitro groups is 1. The Morgan fingerprint density at radius 3 is 2.15 bits per heavy atom. The number of hydrogen-bond donors (Lipinski definition) is 1. The molecular formula is C25H26N2O7. The van der Waals surface area contributed by atoms with E-state index in [0.717, 1.165) is 16.7 Å². The number of nitrogens with one attached hydrogen (secondary N) is 1. The van der Waals surface area contributed by atoms with Crippen LogP contribution < -0.4 is 19.5 Å². The standard InChI is InChI=1S/C25H26N2O7/c1-31-21-13-20(22(27(29)30)24(33-3)23(21)32-2)25(28)26-14-18-10-7-11-19(12-18)16-34-15-17-8-5-4-6-9-17/h4-13H,14-16H2,1-3H3,(H,26,28). The summed E-state index contributed by atoms with van der Waals surface area (Å²) < 4.78 is 21.4. The first-order valence-electron chi connectivity index (χ1n) is 10.4. The molecule has 9 heteroatoms. The SMILES string of the molecule is COc1cc(C(=O)NCc2cccc(COCc3ccccc3)c2)c([N+](=O)[O-])c(OC)c1OC. The lowest BCUT2D eigenvalue weighted by atomic mass is 10.1. The van der Waals surface area contributed by atoms with Crippen LogP contribution in [0.3, 0.4) is 0 Å². The van der Waals surface area contributed by atoms with Crippen molar-refractivity contribution in [1.82, 2.24) is 5.32 Å². The lowest BCUT2D eigenvalue weighted by Gasteiger charge is -2.15. The number of carbonyl (C=O) groups is 1. The van der Waals surface area contributed by atoms with Crippen molar-refractivity contribution in [2.75, 3.05) is 21.3 Å². The second kappa shape index (κ2) is 11.7. The molecule has 0 radical (unpaired) electrons. The van der Waals surface area contributed by atoms with E-state index in [1.807, 2.05) is 54.6 Å². The van der Waals surface area contributed by atoms with Crippen molar-refractivity contribution < 1.29 is 28.7 Å². The van der Waals surface area contributed by atoms with E-state index in [-0.39, 0.29) is 29.4 Å². The first kappa shape index (κ1) is 24.5. The Balaban J connectivity index is 1.72. The molecule has 178 valence electrons. The average Bonchev–Trinajstić information content (AvgIpc) is 2.86. The molecule has 1 amide bonds. The van der Waals surface area contributed by atoms with Gasteiger partial charge in [-0.1, -0.05) is 54.6 Å². The smallest absolute Gasteiger partial charge is 0.327 e. The van der Waals surface area contributed by atoms with Crippen molar-refractivity contribution in [2.24, 2.45) is 0 Å². The largest absolute Gasteiger partial charge is 0.493 e. The van der Waals surface area contributed by atoms with Gasteiger partial charge in [0.25, 0.3) is 5.91 Å². The molecule has 34 heavy (non-hydrogen) atoms. The number of methoxy groups -OCH3 is 3. The van der Waals surface area contributed by atoms with Crippen molar-refractivity contribution in [2.45, 2.75) is 19.8 Å². The number of nitro benzene ring substituents is 1. The van der Waals surface area contributed by atoms with Crippen LogP contribution in [0.1, 0.15) is 27.0 Å². The van der Waals surface area contributed by atoms with Crippen LogP contribution in [-0.4, -0.2) is 32.2 Å². The Labute approximate surface area is 197 Å². The average molecular weight is 466 g/mol. The maximum absolute atomic E-state index is 12.9. The van der Waals surface area contributed by atoms with Crippen molar-refractivity contribution in [1.29, 1.82) is 0 Å². The van der Waals surface area contributed by atoms with Gasteiger partial charge in [0.1, 0.15) is 5.56 Å². The molecule has 1 N–H and O–H groups in total. The number of carbonyl (C=O) groups excluding carboxylic acids is 1. The summed E-state index contributed by atoms with van der Waals surface area (Å²) in [5, 5.41) is 14.5. The van der Waals surface area contributed by atoms with Gasteiger partial charge in [-0.2, -0.15) is 0 Å². The minimum Gasteiger partial charge on any atom is -0.493 e. The van der Waals surface area contributed by atoms with E-state index in [9.17, 15) is 14.9 Å². The van der Waals surface area contributed by atoms with Crippen LogP contribution in [0.4, 0.5) is 5.69 Å². The maximum Gasteiger partial charge on any atom is 0.327 e. The van der Waals surface area contributed by atoms with Crippen LogP contribution in [0.5, 0.6) is 17.2 Å². The molecule has 0 spiro atoms. The summed E-state index contributed by atoms with van der Waals surface area (Å²) >= 11 is 0. The molecule has 3 aromatic carbocycles. The second-order valence-electron chi connectivity index (χ2n) is 7.28. The maximum atomic E-state index is 12.9. The number of amides is 1. The summed E-state index contributed by atoms with van der Waals surface area (Å²) in [5.41, 5.74) is 2.16. The molecule has 0 aliphatic rings. The van der Waals surface area contributed by atoms with Crippen LogP contribution in [-0.2, 0) is 24.5 Å². The van der Waals surface area contributed by atoms with Crippen molar-refractivity contribution in [3.63, 3.8) is 0 Å². The van der Waals surface area contributed by atoms with E-state index in [2.05, 4.69) is 5.32 Å². The van der Waals surface area contributed by atoms with Crippen LogP contribution in [0.15, 0.2) is 60.7 Å². The van der Waals surface area contributed by atoms with E-state index in [4.69, 9.17) is 18.9 Å². The zero-order valence-corrected chi connectivity index (χ0v) is 19.2. The van der Waals surface area contributed by atoms with Gasteiger partial charge >= 0.3 is 5.69 Å². The number of hydrogen-bond acceptors (Lipinski definition) is 7. The molecule has 3 rings (SSSR count). The lowest BCUT2D eigenvalue weighted by Crippen LogP contribution is -2.24. The Bertz CT molecular complexity index is 1150. The Hall–Kier alpha value is -4.11. The van der Waals surface area contributed by atoms with Gasteiger partial charge in [0, 0.05) is 12.6 Å². The third-order valence-electron chi connectivity index (χ3n) is 5.06. The quantitative estimate of drug-likeness (QED) is 0.332. The fraction of sp³-hybridized carbons (Fsp3) is 0.240. The highest BCUT2D eigenvalue weighted by molar-refractivity contribution is 6.00. The minimum absolute atomic E-state index is 0.0384. The third kappa shape index (κ3) is 5.81. The summed E-state index contributed by atoms with van der Waals surface area (Å²) in [7, 11) is 3.97. The van der Waals surface area contributed by atoms with Gasteiger partial charge < -0.3 is 24.3 Å². The minimum atomic E-state index is -0.680. The Kier molecular flexibility index (Phi) is 8.42. The molecule has 0 aromatic heterocycles. The highest BCUT2D eigenvalue weighted by Gasteiger charge is 2.32. The summed E-state index contributed by atoms with van der Waals surface area (Å²) in [5.74, 6) is -0.643. The summed E-state index contributed by atoms with van der Waals surface area (Å²) in [6.45, 7) is 1.07. The molecule has 0 heterocycles. The molecule has 0 unspecified atom stereocenters. The summed E-state index contributed by atoms with van der Waals surface area (Å²) in [4.78, 5) is 24.0. The first-order chi connectivity index (χ1) is 16.5. The third-order valence-corrected chi connectivity index (χ3v) is 5.06. The van der Waals surface area contributed by atoms with E-state index in [1.165, 1.54) is 27.4 Å². The summed E-state index contributed by atoms with van der Waals surface area (Å²) in [6.07, 6.45) is 0. The molecule has 0 saturated heterocycles. The zero-order chi connectivity index (χ0) is 24.5. The van der Waals surface area contributed by atoms with E-state index in [1.54, 1.807) is 0 Å². The molecule has 0 aliphatic carbocycles. The van der Waals surface area contributed by atoms with Gasteiger partial charge in [-0.25, -0.2) is 0 Å².